The number of allylic oxidation sites excluding steroid dienone is 1. The van der Waals surface area contributed by atoms with Gasteiger partial charge in [0.2, 0.25) is 11.7 Å². The Balaban J connectivity index is 1.01. The molecule has 1 heterocycles. The van der Waals surface area contributed by atoms with E-state index in [1.165, 1.54) is 5.57 Å². The van der Waals surface area contributed by atoms with E-state index in [-0.39, 0.29) is 36.4 Å². The summed E-state index contributed by atoms with van der Waals surface area (Å²) in [6, 6.07) is 6.29. The first-order chi connectivity index (χ1) is 21.9. The zero-order valence-electron chi connectivity index (χ0n) is 26.6. The standard InChI is InChI=1S/C36H44N2O8/c1-34-14-11-23(39)18-22(34)7-8-25-26(34)12-15-35(2)27(25)13-16-36(35,45)30(40)20-46-32(42)10-9-31(41)38-29(33(43)44)17-21-19-37-28-6-4-3-5-24(21)28/h3-6,18-19,25-27,29,37,45H,7-17,20H2,1-2H3,(H,38,41)(H,43,44)/t25-,26+,27-,29+,34-,35-,36-/m0/s1. The van der Waals surface area contributed by atoms with Crippen molar-refractivity contribution in [2.24, 2.45) is 28.6 Å². The first-order valence-electron chi connectivity index (χ1n) is 16.6. The molecular formula is C36H44N2O8. The van der Waals surface area contributed by atoms with Gasteiger partial charge >= 0.3 is 11.9 Å². The largest absolute Gasteiger partial charge is 0.480 e. The number of carbonyl (C=O) groups excluding carboxylic acids is 4. The number of amides is 1. The molecule has 1 aromatic carbocycles. The van der Waals surface area contributed by atoms with Gasteiger partial charge in [-0.05, 0) is 85.8 Å². The highest BCUT2D eigenvalue weighted by molar-refractivity contribution is 5.92. The van der Waals surface area contributed by atoms with Crippen molar-refractivity contribution in [1.29, 1.82) is 0 Å². The van der Waals surface area contributed by atoms with Gasteiger partial charge in [-0.25, -0.2) is 4.79 Å². The van der Waals surface area contributed by atoms with Gasteiger partial charge in [-0.3, -0.25) is 19.2 Å². The van der Waals surface area contributed by atoms with Crippen molar-refractivity contribution in [1.82, 2.24) is 10.3 Å². The van der Waals surface area contributed by atoms with Crippen molar-refractivity contribution in [2.45, 2.75) is 96.1 Å². The SMILES string of the molecule is C[C@]12CCC(=O)C=C1CC[C@H]1[C@H]2CC[C@@]2(C)[C@H]1CC[C@]2(O)C(=O)COC(=O)CCC(=O)N[C@H](Cc1c[nH]c2ccccc12)C(=O)O. The van der Waals surface area contributed by atoms with Crippen LogP contribution in [0.1, 0.15) is 83.6 Å². The Morgan fingerprint density at radius 1 is 1.02 bits per heavy atom. The molecule has 4 aliphatic rings. The lowest BCUT2D eigenvalue weighted by Crippen LogP contribution is -2.58. The number of aliphatic hydroxyl groups is 1. The van der Waals surface area contributed by atoms with Crippen molar-refractivity contribution < 1.29 is 38.9 Å². The maximum absolute atomic E-state index is 13.5. The zero-order valence-corrected chi connectivity index (χ0v) is 26.6. The molecule has 246 valence electrons. The van der Waals surface area contributed by atoms with Gasteiger partial charge in [0.25, 0.3) is 0 Å². The Bertz CT molecular complexity index is 1610. The molecule has 7 atom stereocenters. The number of para-hydroxylation sites is 1. The summed E-state index contributed by atoms with van der Waals surface area (Å²) >= 11 is 0. The molecule has 0 radical (unpaired) electrons. The molecular weight excluding hydrogens is 588 g/mol. The number of carboxylic acids is 1. The van der Waals surface area contributed by atoms with Crippen molar-refractivity contribution in [2.75, 3.05) is 6.61 Å². The fourth-order valence-electron chi connectivity index (χ4n) is 9.57. The molecule has 4 N–H and O–H groups in total. The molecule has 3 saturated carbocycles. The number of carbonyl (C=O) groups is 5. The van der Waals surface area contributed by atoms with Gasteiger partial charge in [-0.1, -0.05) is 37.6 Å². The fourth-order valence-corrected chi connectivity index (χ4v) is 9.57. The van der Waals surface area contributed by atoms with E-state index in [0.717, 1.165) is 48.6 Å². The smallest absolute Gasteiger partial charge is 0.326 e. The molecule has 10 nitrogen and oxygen atoms in total. The van der Waals surface area contributed by atoms with Crippen molar-refractivity contribution in [3.63, 3.8) is 0 Å². The molecule has 0 aliphatic heterocycles. The molecule has 6 rings (SSSR count). The second kappa shape index (κ2) is 12.1. The van der Waals surface area contributed by atoms with Gasteiger partial charge in [0.05, 0.1) is 6.42 Å². The second-order valence-electron chi connectivity index (χ2n) is 14.4. The lowest BCUT2D eigenvalue weighted by Gasteiger charge is -2.58. The zero-order chi connectivity index (χ0) is 32.9. The number of nitrogens with one attached hydrogen (secondary N) is 2. The Kier molecular flexibility index (Phi) is 8.46. The van der Waals surface area contributed by atoms with Crippen LogP contribution in [-0.2, 0) is 35.1 Å². The molecule has 1 aromatic heterocycles. The highest BCUT2D eigenvalue weighted by Crippen LogP contribution is 2.67. The third-order valence-electron chi connectivity index (χ3n) is 12.2. The fraction of sp³-hybridized carbons (Fsp3) is 0.583. The predicted molar refractivity (Wildman–Crippen MR) is 168 cm³/mol. The van der Waals surface area contributed by atoms with Crippen LogP contribution in [0.25, 0.3) is 10.9 Å². The third kappa shape index (κ3) is 5.48. The average Bonchev–Trinajstić information content (AvgIpc) is 3.56. The van der Waals surface area contributed by atoms with Gasteiger partial charge in [0.1, 0.15) is 11.6 Å². The summed E-state index contributed by atoms with van der Waals surface area (Å²) in [7, 11) is 0. The van der Waals surface area contributed by atoms with Crippen LogP contribution in [0.3, 0.4) is 0 Å². The van der Waals surface area contributed by atoms with E-state index in [2.05, 4.69) is 17.2 Å². The number of rotatable bonds is 10. The Morgan fingerprint density at radius 2 is 1.78 bits per heavy atom. The Labute approximate surface area is 268 Å². The predicted octanol–water partition coefficient (Wildman–Crippen LogP) is 4.44. The molecule has 0 saturated heterocycles. The van der Waals surface area contributed by atoms with E-state index in [9.17, 15) is 34.2 Å². The topological polar surface area (TPSA) is 163 Å². The number of esters is 1. The number of fused-ring (bicyclic) bond motifs is 6. The first-order valence-corrected chi connectivity index (χ1v) is 16.6. The number of benzene rings is 1. The Hall–Kier alpha value is -3.79. The second-order valence-corrected chi connectivity index (χ2v) is 14.4. The van der Waals surface area contributed by atoms with Gasteiger partial charge in [0.15, 0.2) is 12.4 Å². The number of hydrogen-bond donors (Lipinski definition) is 4. The van der Waals surface area contributed by atoms with Gasteiger partial charge in [0, 0.05) is 41.8 Å². The number of aliphatic carboxylic acids is 1. The lowest BCUT2D eigenvalue weighted by atomic mass is 9.46. The quantitative estimate of drug-likeness (QED) is 0.280. The number of aromatic nitrogens is 1. The summed E-state index contributed by atoms with van der Waals surface area (Å²) in [6.07, 6.45) is 8.92. The van der Waals surface area contributed by atoms with E-state index >= 15 is 0 Å². The van der Waals surface area contributed by atoms with Crippen LogP contribution in [0.2, 0.25) is 0 Å². The molecule has 4 aliphatic carbocycles. The minimum atomic E-state index is -1.60. The van der Waals surface area contributed by atoms with Crippen LogP contribution >= 0.6 is 0 Å². The number of hydrogen-bond acceptors (Lipinski definition) is 7. The summed E-state index contributed by atoms with van der Waals surface area (Å²) in [5, 5.41) is 24.9. The van der Waals surface area contributed by atoms with Gasteiger partial charge in [-0.2, -0.15) is 0 Å². The van der Waals surface area contributed by atoms with Crippen LogP contribution in [0.15, 0.2) is 42.1 Å². The maximum atomic E-state index is 13.5. The number of aromatic amines is 1. The molecule has 3 fully saturated rings. The highest BCUT2D eigenvalue weighted by Gasteiger charge is 2.66. The van der Waals surface area contributed by atoms with Crippen molar-refractivity contribution in [3.8, 4) is 0 Å². The van der Waals surface area contributed by atoms with E-state index in [1.807, 2.05) is 37.3 Å². The van der Waals surface area contributed by atoms with E-state index < -0.39 is 47.3 Å². The minimum Gasteiger partial charge on any atom is -0.480 e. The van der Waals surface area contributed by atoms with Gasteiger partial charge < -0.3 is 25.3 Å². The summed E-state index contributed by atoms with van der Waals surface area (Å²) in [5.74, 6) is -1.90. The maximum Gasteiger partial charge on any atom is 0.326 e. The summed E-state index contributed by atoms with van der Waals surface area (Å²) in [4.78, 5) is 65.7. The average molecular weight is 633 g/mol. The van der Waals surface area contributed by atoms with Gasteiger partial charge in [-0.15, -0.1) is 0 Å². The summed E-state index contributed by atoms with van der Waals surface area (Å²) < 4.78 is 5.26. The number of Topliss-reactive ketones (excluding diaryl/α,β-unsaturated/α-hetero) is 1. The Morgan fingerprint density at radius 3 is 2.57 bits per heavy atom. The number of H-pyrrole nitrogens is 1. The first kappa shape index (κ1) is 32.2. The van der Waals surface area contributed by atoms with Crippen LogP contribution in [-0.4, -0.2) is 62.9 Å². The van der Waals surface area contributed by atoms with Crippen LogP contribution in [0.5, 0.6) is 0 Å². The normalized spacial score (nSPS) is 32.5. The number of carboxylic acid groups (broad SMARTS) is 1. The molecule has 10 heteroatoms. The minimum absolute atomic E-state index is 0.00834. The third-order valence-corrected chi connectivity index (χ3v) is 12.2. The molecule has 2 aromatic rings. The molecule has 0 bridgehead atoms. The number of ether oxygens (including phenoxy) is 1. The molecule has 0 unspecified atom stereocenters. The molecule has 0 spiro atoms. The lowest BCUT2D eigenvalue weighted by molar-refractivity contribution is -0.170. The van der Waals surface area contributed by atoms with E-state index in [1.54, 1.807) is 6.20 Å². The monoisotopic (exact) mass is 632 g/mol. The highest BCUT2D eigenvalue weighted by atomic mass is 16.5. The van der Waals surface area contributed by atoms with Crippen LogP contribution in [0, 0.1) is 28.6 Å². The van der Waals surface area contributed by atoms with Crippen LogP contribution in [0.4, 0.5) is 0 Å². The molecule has 46 heavy (non-hydrogen) atoms. The summed E-state index contributed by atoms with van der Waals surface area (Å²) in [6.45, 7) is 3.74. The number of ketones is 2. The van der Waals surface area contributed by atoms with E-state index in [4.69, 9.17) is 4.74 Å². The summed E-state index contributed by atoms with van der Waals surface area (Å²) in [5.41, 5.74) is 0.646. The van der Waals surface area contributed by atoms with Crippen LogP contribution < -0.4 is 5.32 Å². The van der Waals surface area contributed by atoms with Crippen molar-refractivity contribution in [3.05, 3.63) is 47.7 Å². The van der Waals surface area contributed by atoms with Crippen molar-refractivity contribution >= 4 is 40.3 Å². The molecule has 1 amide bonds. The van der Waals surface area contributed by atoms with E-state index in [0.29, 0.717) is 31.1 Å².